The Labute approximate surface area is 190 Å². The number of fused-ring (bicyclic) bond motifs is 1. The van der Waals surface area contributed by atoms with Crippen LogP contribution in [0.1, 0.15) is 35.9 Å². The van der Waals surface area contributed by atoms with E-state index in [2.05, 4.69) is 10.6 Å². The van der Waals surface area contributed by atoms with Gasteiger partial charge in [0.25, 0.3) is 5.69 Å². The minimum atomic E-state index is -0.403. The van der Waals surface area contributed by atoms with Crippen molar-refractivity contribution in [1.29, 1.82) is 0 Å². The molecule has 1 aliphatic heterocycles. The summed E-state index contributed by atoms with van der Waals surface area (Å²) in [4.78, 5) is 24.3. The summed E-state index contributed by atoms with van der Waals surface area (Å²) in [5.41, 5.74) is 5.12. The molecule has 160 valence electrons. The number of benzene rings is 3. The predicted octanol–water partition coefficient (Wildman–Crippen LogP) is 6.23. The zero-order chi connectivity index (χ0) is 22.2. The molecule has 0 spiro atoms. The van der Waals surface area contributed by atoms with E-state index in [9.17, 15) is 14.9 Å². The first-order valence-corrected chi connectivity index (χ1v) is 10.8. The highest BCUT2D eigenvalue weighted by atomic mass is 35.5. The fourth-order valence-electron chi connectivity index (χ4n) is 4.53. The van der Waals surface area contributed by atoms with E-state index in [1.165, 1.54) is 6.07 Å². The number of nitro benzene ring substituents is 1. The van der Waals surface area contributed by atoms with E-state index in [0.717, 1.165) is 28.2 Å². The van der Waals surface area contributed by atoms with Crippen molar-refractivity contribution in [3.63, 3.8) is 0 Å². The zero-order valence-corrected chi connectivity index (χ0v) is 17.8. The van der Waals surface area contributed by atoms with Gasteiger partial charge in [-0.1, -0.05) is 48.0 Å². The van der Waals surface area contributed by atoms with Crippen LogP contribution in [-0.4, -0.2) is 10.7 Å². The summed E-state index contributed by atoms with van der Waals surface area (Å²) in [5.74, 6) is -0.111. The first kappa shape index (κ1) is 20.3. The highest BCUT2D eigenvalue weighted by molar-refractivity contribution is 6.30. The molecule has 0 radical (unpaired) electrons. The third kappa shape index (κ3) is 3.74. The van der Waals surface area contributed by atoms with Gasteiger partial charge in [-0.2, -0.15) is 0 Å². The lowest BCUT2D eigenvalue weighted by Gasteiger charge is -2.30. The largest absolute Gasteiger partial charge is 0.372 e. The van der Waals surface area contributed by atoms with Gasteiger partial charge in [-0.15, -0.1) is 0 Å². The Morgan fingerprint density at radius 3 is 2.41 bits per heavy atom. The number of nitrogens with one attached hydrogen (secondary N) is 2. The summed E-state index contributed by atoms with van der Waals surface area (Å²) in [6, 6.07) is 21.6. The van der Waals surface area contributed by atoms with Crippen LogP contribution in [0, 0.1) is 10.1 Å². The summed E-state index contributed by atoms with van der Waals surface area (Å²) >= 11 is 6.09. The second kappa shape index (κ2) is 8.13. The number of carbonyl (C=O) groups excluding carboxylic acids is 1. The van der Waals surface area contributed by atoms with E-state index in [0.29, 0.717) is 23.4 Å². The molecule has 0 saturated carbocycles. The number of anilines is 2. The smallest absolute Gasteiger partial charge is 0.269 e. The van der Waals surface area contributed by atoms with Crippen molar-refractivity contribution in [2.75, 3.05) is 10.6 Å². The summed E-state index contributed by atoms with van der Waals surface area (Å²) < 4.78 is 0. The first-order valence-electron chi connectivity index (χ1n) is 10.4. The molecule has 0 amide bonds. The van der Waals surface area contributed by atoms with Gasteiger partial charge in [0, 0.05) is 34.8 Å². The standard InChI is InChI=1S/C25H20ClN3O3/c26-18-10-8-15(9-11-18)25-24-22(27-20-6-1-2-7-21(20)28-25)13-17(14-23(24)30)16-4-3-5-19(12-16)29(31)32/h1-12,17,25,27-28H,13-14H2/t17-,25+/m0/s1. The van der Waals surface area contributed by atoms with Crippen molar-refractivity contribution < 1.29 is 9.72 Å². The number of para-hydroxylation sites is 2. The lowest BCUT2D eigenvalue weighted by Crippen LogP contribution is -2.26. The number of carbonyl (C=O) groups is 1. The number of non-ortho nitro benzene ring substituents is 1. The van der Waals surface area contributed by atoms with Gasteiger partial charge in [-0.05, 0) is 47.7 Å². The highest BCUT2D eigenvalue weighted by Gasteiger charge is 2.36. The zero-order valence-electron chi connectivity index (χ0n) is 17.0. The van der Waals surface area contributed by atoms with E-state index in [4.69, 9.17) is 11.6 Å². The van der Waals surface area contributed by atoms with E-state index in [1.54, 1.807) is 12.1 Å². The summed E-state index contributed by atoms with van der Waals surface area (Å²) in [7, 11) is 0. The summed E-state index contributed by atoms with van der Waals surface area (Å²) in [6.45, 7) is 0. The lowest BCUT2D eigenvalue weighted by atomic mass is 9.78. The monoisotopic (exact) mass is 445 g/mol. The van der Waals surface area contributed by atoms with Crippen molar-refractivity contribution in [3.05, 3.63) is 110 Å². The molecule has 2 N–H and O–H groups in total. The Bertz CT molecular complexity index is 1250. The Hall–Kier alpha value is -3.64. The van der Waals surface area contributed by atoms with E-state index >= 15 is 0 Å². The number of Topliss-reactive ketones (excluding diaryl/α,β-unsaturated/α-hetero) is 1. The minimum absolute atomic E-state index is 0.0236. The average Bonchev–Trinajstić information content (AvgIpc) is 2.96. The molecule has 3 aromatic carbocycles. The Morgan fingerprint density at radius 1 is 0.906 bits per heavy atom. The Morgan fingerprint density at radius 2 is 1.66 bits per heavy atom. The van der Waals surface area contributed by atoms with Gasteiger partial charge in [-0.3, -0.25) is 14.9 Å². The van der Waals surface area contributed by atoms with Gasteiger partial charge in [-0.25, -0.2) is 0 Å². The Kier molecular flexibility index (Phi) is 5.15. The van der Waals surface area contributed by atoms with Crippen LogP contribution < -0.4 is 10.6 Å². The number of allylic oxidation sites excluding steroid dienone is 1. The number of rotatable bonds is 3. The lowest BCUT2D eigenvalue weighted by molar-refractivity contribution is -0.384. The maximum Gasteiger partial charge on any atom is 0.269 e. The van der Waals surface area contributed by atoms with E-state index < -0.39 is 4.92 Å². The van der Waals surface area contributed by atoms with Crippen LogP contribution in [0.4, 0.5) is 17.1 Å². The second-order valence-electron chi connectivity index (χ2n) is 8.07. The molecule has 0 aromatic heterocycles. The van der Waals surface area contributed by atoms with Crippen molar-refractivity contribution in [2.24, 2.45) is 0 Å². The van der Waals surface area contributed by atoms with Crippen LogP contribution in [0.15, 0.2) is 84.1 Å². The van der Waals surface area contributed by atoms with Crippen LogP contribution >= 0.6 is 11.6 Å². The normalized spacial score (nSPS) is 19.8. The van der Waals surface area contributed by atoms with Gasteiger partial charge < -0.3 is 10.6 Å². The number of ketones is 1. The molecular formula is C25H20ClN3O3. The van der Waals surface area contributed by atoms with Crippen molar-refractivity contribution in [3.8, 4) is 0 Å². The van der Waals surface area contributed by atoms with E-state index in [-0.39, 0.29) is 23.4 Å². The van der Waals surface area contributed by atoms with Gasteiger partial charge in [0.2, 0.25) is 0 Å². The molecule has 5 rings (SSSR count). The number of hydrogen-bond donors (Lipinski definition) is 2. The van der Waals surface area contributed by atoms with Crippen molar-refractivity contribution in [2.45, 2.75) is 24.8 Å². The molecule has 0 saturated heterocycles. The second-order valence-corrected chi connectivity index (χ2v) is 8.51. The van der Waals surface area contributed by atoms with Crippen LogP contribution in [0.5, 0.6) is 0 Å². The highest BCUT2D eigenvalue weighted by Crippen LogP contribution is 2.44. The fourth-order valence-corrected chi connectivity index (χ4v) is 4.65. The molecular weight excluding hydrogens is 426 g/mol. The quantitative estimate of drug-likeness (QED) is 0.369. The van der Waals surface area contributed by atoms with Gasteiger partial charge in [0.1, 0.15) is 0 Å². The number of halogens is 1. The van der Waals surface area contributed by atoms with Crippen LogP contribution in [-0.2, 0) is 4.79 Å². The third-order valence-electron chi connectivity index (χ3n) is 6.06. The third-order valence-corrected chi connectivity index (χ3v) is 6.32. The molecule has 0 unspecified atom stereocenters. The molecule has 32 heavy (non-hydrogen) atoms. The predicted molar refractivity (Wildman–Crippen MR) is 125 cm³/mol. The van der Waals surface area contributed by atoms with Crippen molar-refractivity contribution >= 4 is 34.4 Å². The molecule has 1 aliphatic carbocycles. The molecule has 2 atom stereocenters. The van der Waals surface area contributed by atoms with Crippen LogP contribution in [0.3, 0.4) is 0 Å². The SMILES string of the molecule is O=C1C[C@@H](c2cccc([N+](=O)[O-])c2)CC2=C1[C@@H](c1ccc(Cl)cc1)Nc1ccccc1N2. The van der Waals surface area contributed by atoms with Crippen molar-refractivity contribution in [1.82, 2.24) is 0 Å². The molecule has 1 heterocycles. The summed E-state index contributed by atoms with van der Waals surface area (Å²) in [5, 5.41) is 18.9. The molecule has 0 bridgehead atoms. The maximum atomic E-state index is 13.5. The number of nitrogens with zero attached hydrogens (tertiary/aromatic N) is 1. The summed E-state index contributed by atoms with van der Waals surface area (Å²) in [6.07, 6.45) is 0.881. The fraction of sp³-hybridized carbons (Fsp3) is 0.160. The maximum absolute atomic E-state index is 13.5. The molecule has 3 aromatic rings. The van der Waals surface area contributed by atoms with Gasteiger partial charge >= 0.3 is 0 Å². The molecule has 6 nitrogen and oxygen atoms in total. The number of hydrogen-bond acceptors (Lipinski definition) is 5. The minimum Gasteiger partial charge on any atom is -0.372 e. The average molecular weight is 446 g/mol. The van der Waals surface area contributed by atoms with Crippen LogP contribution in [0.2, 0.25) is 5.02 Å². The molecule has 7 heteroatoms. The first-order chi connectivity index (χ1) is 15.5. The van der Waals surface area contributed by atoms with Crippen LogP contribution in [0.25, 0.3) is 0 Å². The van der Waals surface area contributed by atoms with Gasteiger partial charge in [0.05, 0.1) is 22.3 Å². The molecule has 2 aliphatic rings. The topological polar surface area (TPSA) is 84.3 Å². The Balaban J connectivity index is 1.59. The van der Waals surface area contributed by atoms with E-state index in [1.807, 2.05) is 54.6 Å². The van der Waals surface area contributed by atoms with Gasteiger partial charge in [0.15, 0.2) is 5.78 Å². The molecule has 0 fully saturated rings. The number of nitro groups is 1.